The average Bonchev–Trinajstić information content (AvgIpc) is 3.13. The summed E-state index contributed by atoms with van der Waals surface area (Å²) in [6.45, 7) is 0. The molecule has 0 radical (unpaired) electrons. The summed E-state index contributed by atoms with van der Waals surface area (Å²) in [6.07, 6.45) is 2.45. The molecule has 3 amide bonds. The summed E-state index contributed by atoms with van der Waals surface area (Å²) in [4.78, 5) is 49.4. The molecule has 2 heterocycles. The van der Waals surface area contributed by atoms with Gasteiger partial charge in [-0.2, -0.15) is 0 Å². The SMILES string of the molecule is CS(=O)(=O)CC[C@H](C(=O)Nc1cccc(-c2cnc3ccccc3n2)c1)N1C(=O)c2ccccc2C1=O. The lowest BCUT2D eigenvalue weighted by Gasteiger charge is -2.25. The number of benzene rings is 3. The van der Waals surface area contributed by atoms with Crippen LogP contribution in [-0.4, -0.2) is 59.1 Å². The summed E-state index contributed by atoms with van der Waals surface area (Å²) in [5.41, 5.74) is 3.54. The fourth-order valence-corrected chi connectivity index (χ4v) is 4.92. The molecule has 1 aliphatic rings. The lowest BCUT2D eigenvalue weighted by Crippen LogP contribution is -2.48. The first-order valence-electron chi connectivity index (χ1n) is 11.5. The summed E-state index contributed by atoms with van der Waals surface area (Å²) in [7, 11) is -3.46. The van der Waals surface area contributed by atoms with E-state index in [1.165, 1.54) is 12.1 Å². The zero-order valence-corrected chi connectivity index (χ0v) is 20.6. The number of carbonyl (C=O) groups is 3. The van der Waals surface area contributed by atoms with Crippen LogP contribution in [0, 0.1) is 0 Å². The van der Waals surface area contributed by atoms with E-state index in [4.69, 9.17) is 0 Å². The van der Waals surface area contributed by atoms with Crippen molar-refractivity contribution in [3.8, 4) is 11.3 Å². The van der Waals surface area contributed by atoms with Crippen molar-refractivity contribution in [1.82, 2.24) is 14.9 Å². The maximum absolute atomic E-state index is 13.4. The number of nitrogens with one attached hydrogen (secondary N) is 1. The third kappa shape index (κ3) is 4.96. The lowest BCUT2D eigenvalue weighted by molar-refractivity contribution is -0.120. The number of sulfone groups is 1. The molecule has 0 saturated heterocycles. The molecule has 10 heteroatoms. The molecular formula is C27H22N4O5S. The van der Waals surface area contributed by atoms with Gasteiger partial charge in [-0.3, -0.25) is 24.3 Å². The molecular weight excluding hydrogens is 492 g/mol. The molecule has 1 atom stereocenters. The molecule has 5 rings (SSSR count). The predicted octanol–water partition coefficient (Wildman–Crippen LogP) is 3.33. The first-order valence-corrected chi connectivity index (χ1v) is 13.5. The highest BCUT2D eigenvalue weighted by molar-refractivity contribution is 7.90. The molecule has 0 bridgehead atoms. The average molecular weight is 515 g/mol. The minimum atomic E-state index is -3.46. The molecule has 4 aromatic rings. The van der Waals surface area contributed by atoms with E-state index in [0.717, 1.165) is 22.2 Å². The second-order valence-corrected chi connectivity index (χ2v) is 11.0. The summed E-state index contributed by atoms with van der Waals surface area (Å²) in [6, 6.07) is 19.3. The maximum Gasteiger partial charge on any atom is 0.262 e. The molecule has 37 heavy (non-hydrogen) atoms. The van der Waals surface area contributed by atoms with E-state index in [1.807, 2.05) is 30.3 Å². The highest BCUT2D eigenvalue weighted by atomic mass is 32.2. The van der Waals surface area contributed by atoms with Gasteiger partial charge in [0.2, 0.25) is 5.91 Å². The highest BCUT2D eigenvalue weighted by Gasteiger charge is 2.42. The Hall–Kier alpha value is -4.44. The number of aromatic nitrogens is 2. The second kappa shape index (κ2) is 9.55. The molecule has 0 saturated carbocycles. The van der Waals surface area contributed by atoms with Gasteiger partial charge in [0.25, 0.3) is 11.8 Å². The highest BCUT2D eigenvalue weighted by Crippen LogP contribution is 2.27. The number of rotatable bonds is 7. The number of anilines is 1. The molecule has 0 aliphatic carbocycles. The molecule has 9 nitrogen and oxygen atoms in total. The molecule has 1 aliphatic heterocycles. The van der Waals surface area contributed by atoms with Crippen molar-refractivity contribution in [2.45, 2.75) is 12.5 Å². The summed E-state index contributed by atoms with van der Waals surface area (Å²) < 4.78 is 23.7. The molecule has 0 unspecified atom stereocenters. The zero-order valence-electron chi connectivity index (χ0n) is 19.8. The van der Waals surface area contributed by atoms with Crippen molar-refractivity contribution < 1.29 is 22.8 Å². The monoisotopic (exact) mass is 514 g/mol. The zero-order chi connectivity index (χ0) is 26.2. The largest absolute Gasteiger partial charge is 0.324 e. The number of fused-ring (bicyclic) bond motifs is 2. The molecule has 1 aromatic heterocycles. The Morgan fingerprint density at radius 3 is 2.24 bits per heavy atom. The summed E-state index contributed by atoms with van der Waals surface area (Å²) >= 11 is 0. The van der Waals surface area contributed by atoms with Gasteiger partial charge in [0, 0.05) is 17.5 Å². The Kier molecular flexibility index (Phi) is 6.26. The lowest BCUT2D eigenvalue weighted by atomic mass is 10.1. The fraction of sp³-hybridized carbons (Fsp3) is 0.148. The van der Waals surface area contributed by atoms with Gasteiger partial charge in [-0.15, -0.1) is 0 Å². The normalized spacial score (nSPS) is 14.0. The van der Waals surface area contributed by atoms with Gasteiger partial charge in [-0.05, 0) is 42.8 Å². The van der Waals surface area contributed by atoms with E-state index < -0.39 is 33.6 Å². The Bertz CT molecular complexity index is 1630. The molecule has 0 fully saturated rings. The van der Waals surface area contributed by atoms with E-state index in [9.17, 15) is 22.8 Å². The van der Waals surface area contributed by atoms with Gasteiger partial charge >= 0.3 is 0 Å². The smallest absolute Gasteiger partial charge is 0.262 e. The van der Waals surface area contributed by atoms with Crippen molar-refractivity contribution in [3.63, 3.8) is 0 Å². The number of imide groups is 1. The van der Waals surface area contributed by atoms with Crippen LogP contribution in [0.1, 0.15) is 27.1 Å². The second-order valence-electron chi connectivity index (χ2n) is 8.77. The molecule has 186 valence electrons. The van der Waals surface area contributed by atoms with Crippen LogP contribution in [-0.2, 0) is 14.6 Å². The number of carbonyl (C=O) groups excluding carboxylic acids is 3. The number of hydrogen-bond acceptors (Lipinski definition) is 7. The summed E-state index contributed by atoms with van der Waals surface area (Å²) in [5, 5.41) is 2.74. The van der Waals surface area contributed by atoms with Crippen molar-refractivity contribution in [2.24, 2.45) is 0 Å². The minimum Gasteiger partial charge on any atom is -0.324 e. The van der Waals surface area contributed by atoms with Crippen LogP contribution in [0.15, 0.2) is 79.0 Å². The Morgan fingerprint density at radius 2 is 1.57 bits per heavy atom. The van der Waals surface area contributed by atoms with E-state index in [1.54, 1.807) is 36.5 Å². The van der Waals surface area contributed by atoms with Crippen LogP contribution >= 0.6 is 0 Å². The quantitative estimate of drug-likeness (QED) is 0.375. The minimum absolute atomic E-state index is 0.182. The Morgan fingerprint density at radius 1 is 0.919 bits per heavy atom. The van der Waals surface area contributed by atoms with Crippen molar-refractivity contribution in [2.75, 3.05) is 17.3 Å². The van der Waals surface area contributed by atoms with Gasteiger partial charge in [-0.25, -0.2) is 13.4 Å². The Balaban J connectivity index is 1.43. The van der Waals surface area contributed by atoms with E-state index >= 15 is 0 Å². The van der Waals surface area contributed by atoms with Crippen LogP contribution in [0.5, 0.6) is 0 Å². The van der Waals surface area contributed by atoms with Gasteiger partial charge in [0.05, 0.1) is 39.8 Å². The number of nitrogens with zero attached hydrogens (tertiary/aromatic N) is 3. The van der Waals surface area contributed by atoms with E-state index in [-0.39, 0.29) is 23.3 Å². The van der Waals surface area contributed by atoms with Crippen molar-refractivity contribution in [3.05, 3.63) is 90.1 Å². The maximum atomic E-state index is 13.4. The first-order chi connectivity index (χ1) is 17.7. The van der Waals surface area contributed by atoms with Crippen LogP contribution < -0.4 is 5.32 Å². The van der Waals surface area contributed by atoms with Gasteiger partial charge in [-0.1, -0.05) is 36.4 Å². The van der Waals surface area contributed by atoms with Gasteiger partial charge < -0.3 is 5.32 Å². The summed E-state index contributed by atoms with van der Waals surface area (Å²) in [5.74, 6) is -2.30. The molecule has 0 spiro atoms. The van der Waals surface area contributed by atoms with Crippen LogP contribution in [0.25, 0.3) is 22.3 Å². The van der Waals surface area contributed by atoms with Crippen LogP contribution in [0.3, 0.4) is 0 Å². The molecule has 3 aromatic carbocycles. The van der Waals surface area contributed by atoms with Crippen molar-refractivity contribution in [1.29, 1.82) is 0 Å². The van der Waals surface area contributed by atoms with Crippen molar-refractivity contribution >= 4 is 44.3 Å². The first kappa shape index (κ1) is 24.3. The third-order valence-electron chi connectivity index (χ3n) is 6.08. The number of hydrogen-bond donors (Lipinski definition) is 1. The predicted molar refractivity (Wildman–Crippen MR) is 139 cm³/mol. The van der Waals surface area contributed by atoms with E-state index in [2.05, 4.69) is 15.3 Å². The fourth-order valence-electron chi connectivity index (χ4n) is 4.27. The van der Waals surface area contributed by atoms with Crippen LogP contribution in [0.4, 0.5) is 5.69 Å². The third-order valence-corrected chi connectivity index (χ3v) is 7.05. The standard InChI is InChI=1S/C27H22N4O5S/c1-37(35,36)14-13-24(31-26(33)19-9-2-3-10-20(19)27(31)34)25(32)29-18-8-6-7-17(15-18)23-16-28-21-11-4-5-12-22(21)30-23/h2-12,15-16,24H,13-14H2,1H3,(H,29,32)/t24-/m1/s1. The van der Waals surface area contributed by atoms with Gasteiger partial charge in [0.1, 0.15) is 15.9 Å². The topological polar surface area (TPSA) is 126 Å². The number of amides is 3. The van der Waals surface area contributed by atoms with Gasteiger partial charge in [0.15, 0.2) is 0 Å². The van der Waals surface area contributed by atoms with Crippen LogP contribution in [0.2, 0.25) is 0 Å². The van der Waals surface area contributed by atoms with E-state index in [0.29, 0.717) is 16.9 Å². The number of para-hydroxylation sites is 2. The Labute approximate surface area is 213 Å². The molecule has 1 N–H and O–H groups in total.